The Labute approximate surface area is 104 Å². The fraction of sp³-hybridized carbons (Fsp3) is 0.333. The predicted molar refractivity (Wildman–Crippen MR) is 68.7 cm³/mol. The second-order valence-corrected chi connectivity index (χ2v) is 4.94. The first kappa shape index (κ1) is 11.9. The van der Waals surface area contributed by atoms with Gasteiger partial charge in [-0.25, -0.2) is 4.39 Å². The number of nitriles is 1. The molecule has 0 saturated carbocycles. The Balaban J connectivity index is 2.17. The van der Waals surface area contributed by atoms with E-state index in [9.17, 15) is 4.39 Å². The third-order valence-electron chi connectivity index (χ3n) is 2.45. The number of nitrogens with one attached hydrogen (secondary N) is 1. The number of nitrogens with zero attached hydrogens (tertiary/aromatic N) is 2. The Bertz CT molecular complexity index is 493. The van der Waals surface area contributed by atoms with E-state index in [1.165, 1.54) is 12.1 Å². The van der Waals surface area contributed by atoms with E-state index in [0.717, 1.165) is 17.3 Å². The molecule has 0 aromatic heterocycles. The Morgan fingerprint density at radius 2 is 2.41 bits per heavy atom. The van der Waals surface area contributed by atoms with Gasteiger partial charge in [0.05, 0.1) is 11.6 Å². The molecule has 3 nitrogen and oxygen atoms in total. The summed E-state index contributed by atoms with van der Waals surface area (Å²) in [5.41, 5.74) is 0.743. The van der Waals surface area contributed by atoms with Crippen molar-refractivity contribution in [1.82, 2.24) is 0 Å². The SMILES string of the molecule is CC1CCSC(Nc2ccc(F)c(C#N)c2)=N1. The molecule has 1 unspecified atom stereocenters. The molecule has 1 aromatic carbocycles. The maximum atomic E-state index is 13.1. The van der Waals surface area contributed by atoms with Gasteiger partial charge < -0.3 is 5.32 Å². The van der Waals surface area contributed by atoms with Gasteiger partial charge in [0.2, 0.25) is 0 Å². The molecule has 0 radical (unpaired) electrons. The fourth-order valence-corrected chi connectivity index (χ4v) is 2.61. The van der Waals surface area contributed by atoms with Gasteiger partial charge >= 0.3 is 0 Å². The third kappa shape index (κ3) is 2.98. The number of rotatable bonds is 1. The normalized spacial score (nSPS) is 19.4. The van der Waals surface area contributed by atoms with Crippen molar-refractivity contribution in [3.63, 3.8) is 0 Å². The molecule has 0 amide bonds. The number of halogens is 1. The molecule has 0 aliphatic carbocycles. The second-order valence-electron chi connectivity index (χ2n) is 3.85. The summed E-state index contributed by atoms with van der Waals surface area (Å²) in [6, 6.07) is 6.53. The molecule has 1 aliphatic heterocycles. The molecule has 5 heteroatoms. The maximum Gasteiger partial charge on any atom is 0.161 e. The van der Waals surface area contributed by atoms with E-state index in [1.54, 1.807) is 17.8 Å². The van der Waals surface area contributed by atoms with Gasteiger partial charge in [0, 0.05) is 11.4 Å². The van der Waals surface area contributed by atoms with Crippen LogP contribution in [-0.4, -0.2) is 17.0 Å². The molecule has 2 rings (SSSR count). The number of aliphatic imine (C=N–C) groups is 1. The van der Waals surface area contributed by atoms with E-state index in [1.807, 2.05) is 6.07 Å². The highest BCUT2D eigenvalue weighted by Gasteiger charge is 2.12. The highest BCUT2D eigenvalue weighted by atomic mass is 32.2. The minimum absolute atomic E-state index is 0.0458. The summed E-state index contributed by atoms with van der Waals surface area (Å²) < 4.78 is 13.1. The van der Waals surface area contributed by atoms with Crippen LogP contribution in [0.2, 0.25) is 0 Å². The van der Waals surface area contributed by atoms with Crippen LogP contribution in [0.25, 0.3) is 0 Å². The lowest BCUT2D eigenvalue weighted by atomic mass is 10.2. The molecule has 1 aliphatic rings. The van der Waals surface area contributed by atoms with Crippen LogP contribution in [0.4, 0.5) is 10.1 Å². The lowest BCUT2D eigenvalue weighted by Crippen LogP contribution is -2.18. The van der Waals surface area contributed by atoms with E-state index < -0.39 is 5.82 Å². The molecule has 1 N–H and O–H groups in total. The predicted octanol–water partition coefficient (Wildman–Crippen LogP) is 2.99. The van der Waals surface area contributed by atoms with E-state index >= 15 is 0 Å². The molecular formula is C12H12FN3S. The first-order chi connectivity index (χ1) is 8.19. The van der Waals surface area contributed by atoms with Crippen molar-refractivity contribution < 1.29 is 4.39 Å². The average Bonchev–Trinajstić information content (AvgIpc) is 2.32. The molecule has 88 valence electrons. The zero-order chi connectivity index (χ0) is 12.3. The Kier molecular flexibility index (Phi) is 3.64. The highest BCUT2D eigenvalue weighted by molar-refractivity contribution is 8.14. The van der Waals surface area contributed by atoms with Gasteiger partial charge in [0.25, 0.3) is 0 Å². The summed E-state index contributed by atoms with van der Waals surface area (Å²) in [6.07, 6.45) is 1.07. The third-order valence-corrected chi connectivity index (χ3v) is 3.37. The van der Waals surface area contributed by atoms with Gasteiger partial charge in [-0.15, -0.1) is 0 Å². The standard InChI is InChI=1S/C12H12FN3S/c1-8-4-5-17-12(15-8)16-10-2-3-11(13)9(6-10)7-14/h2-3,6,8H,4-5H2,1H3,(H,15,16). The number of anilines is 1. The van der Waals surface area contributed by atoms with Gasteiger partial charge in [0.1, 0.15) is 11.9 Å². The molecule has 0 spiro atoms. The number of thioether (sulfide) groups is 1. The molecule has 17 heavy (non-hydrogen) atoms. The van der Waals surface area contributed by atoms with Gasteiger partial charge in [-0.1, -0.05) is 11.8 Å². The van der Waals surface area contributed by atoms with E-state index in [-0.39, 0.29) is 5.56 Å². The largest absolute Gasteiger partial charge is 0.335 e. The lowest BCUT2D eigenvalue weighted by molar-refractivity contribution is 0.624. The summed E-state index contributed by atoms with van der Waals surface area (Å²) >= 11 is 1.64. The van der Waals surface area contributed by atoms with Crippen LogP contribution in [0.15, 0.2) is 23.2 Å². The van der Waals surface area contributed by atoms with Crippen molar-refractivity contribution in [2.24, 2.45) is 4.99 Å². The van der Waals surface area contributed by atoms with E-state index in [2.05, 4.69) is 17.2 Å². The number of benzene rings is 1. The quantitative estimate of drug-likeness (QED) is 0.832. The van der Waals surface area contributed by atoms with Gasteiger partial charge in [-0.05, 0) is 31.5 Å². The summed E-state index contributed by atoms with van der Waals surface area (Å²) in [6.45, 7) is 2.06. The molecule has 1 aromatic rings. The van der Waals surface area contributed by atoms with Gasteiger partial charge in [-0.2, -0.15) is 5.26 Å². The molecule has 0 fully saturated rings. The number of hydrogen-bond donors (Lipinski definition) is 1. The summed E-state index contributed by atoms with van der Waals surface area (Å²) in [5.74, 6) is 0.531. The molecule has 1 atom stereocenters. The summed E-state index contributed by atoms with van der Waals surface area (Å²) in [4.78, 5) is 4.45. The van der Waals surface area contributed by atoms with Gasteiger partial charge in [-0.3, -0.25) is 4.99 Å². The van der Waals surface area contributed by atoms with Crippen molar-refractivity contribution in [2.45, 2.75) is 19.4 Å². The van der Waals surface area contributed by atoms with Crippen LogP contribution >= 0.6 is 11.8 Å². The molecular weight excluding hydrogens is 237 g/mol. The number of hydrogen-bond acceptors (Lipinski definition) is 4. The van der Waals surface area contributed by atoms with Crippen LogP contribution in [0.1, 0.15) is 18.9 Å². The first-order valence-corrected chi connectivity index (χ1v) is 6.35. The lowest BCUT2D eigenvalue weighted by Gasteiger charge is -2.17. The fourth-order valence-electron chi connectivity index (χ4n) is 1.51. The van der Waals surface area contributed by atoms with Crippen LogP contribution in [0.5, 0.6) is 0 Å². The van der Waals surface area contributed by atoms with Crippen LogP contribution < -0.4 is 5.32 Å². The van der Waals surface area contributed by atoms with Crippen molar-refractivity contribution in [3.8, 4) is 6.07 Å². The Morgan fingerprint density at radius 1 is 1.59 bits per heavy atom. The topological polar surface area (TPSA) is 48.2 Å². The van der Waals surface area contributed by atoms with Crippen LogP contribution in [0, 0.1) is 17.1 Å². The minimum Gasteiger partial charge on any atom is -0.335 e. The minimum atomic E-state index is -0.496. The smallest absolute Gasteiger partial charge is 0.161 e. The maximum absolute atomic E-state index is 13.1. The zero-order valence-electron chi connectivity index (χ0n) is 9.40. The van der Waals surface area contributed by atoms with Crippen LogP contribution in [-0.2, 0) is 0 Å². The highest BCUT2D eigenvalue weighted by Crippen LogP contribution is 2.20. The van der Waals surface area contributed by atoms with Crippen molar-refractivity contribution in [3.05, 3.63) is 29.6 Å². The first-order valence-electron chi connectivity index (χ1n) is 5.36. The molecule has 1 heterocycles. The number of amidine groups is 1. The Morgan fingerprint density at radius 3 is 3.12 bits per heavy atom. The Hall–Kier alpha value is -1.54. The average molecular weight is 249 g/mol. The summed E-state index contributed by atoms with van der Waals surface area (Å²) in [5, 5.41) is 12.7. The van der Waals surface area contributed by atoms with Gasteiger partial charge in [0.15, 0.2) is 5.17 Å². The molecule has 0 saturated heterocycles. The molecule has 0 bridgehead atoms. The van der Waals surface area contributed by atoms with Crippen molar-refractivity contribution in [2.75, 3.05) is 11.1 Å². The second kappa shape index (κ2) is 5.19. The monoisotopic (exact) mass is 249 g/mol. The van der Waals surface area contributed by atoms with E-state index in [4.69, 9.17) is 5.26 Å². The van der Waals surface area contributed by atoms with Crippen LogP contribution in [0.3, 0.4) is 0 Å². The summed E-state index contributed by atoms with van der Waals surface area (Å²) in [7, 11) is 0. The zero-order valence-corrected chi connectivity index (χ0v) is 10.2. The van der Waals surface area contributed by atoms with Crippen molar-refractivity contribution >= 4 is 22.6 Å². The van der Waals surface area contributed by atoms with E-state index in [0.29, 0.717) is 11.7 Å². The van der Waals surface area contributed by atoms with Crippen molar-refractivity contribution in [1.29, 1.82) is 5.26 Å².